The number of aliphatic hydroxyl groups is 1. The van der Waals surface area contributed by atoms with Gasteiger partial charge in [-0.25, -0.2) is 4.57 Å². The summed E-state index contributed by atoms with van der Waals surface area (Å²) in [6.45, 7) is 4.34. The summed E-state index contributed by atoms with van der Waals surface area (Å²) in [5.41, 5.74) is 0. The molecule has 0 aromatic rings. The third kappa shape index (κ3) is 49.4. The highest BCUT2D eigenvalue weighted by molar-refractivity contribution is 7.47. The van der Waals surface area contributed by atoms with Gasteiger partial charge in [-0.15, -0.1) is 0 Å². The fraction of sp³-hybridized carbons (Fsp3) is 0.672. The van der Waals surface area contributed by atoms with Crippen molar-refractivity contribution in [3.05, 3.63) is 97.2 Å². The second-order valence-corrected chi connectivity index (χ2v) is 19.1. The third-order valence-electron chi connectivity index (χ3n) is 10.9. The normalized spacial score (nSPS) is 14.2. The number of carbonyl (C=O) groups excluding carboxylic acids is 3. The van der Waals surface area contributed by atoms with E-state index in [2.05, 4.69) is 118 Å². The molecule has 0 rings (SSSR count). The molecular weight excluding hydrogens is 904 g/mol. The van der Waals surface area contributed by atoms with Crippen molar-refractivity contribution in [1.82, 2.24) is 0 Å². The van der Waals surface area contributed by atoms with Gasteiger partial charge in [0.15, 0.2) is 6.10 Å². The molecule has 0 spiro atoms. The molecule has 3 atom stereocenters. The van der Waals surface area contributed by atoms with Crippen molar-refractivity contribution >= 4 is 25.7 Å². The number of allylic oxidation sites excluding steroid dienone is 16. The molecule has 0 saturated heterocycles. The van der Waals surface area contributed by atoms with Crippen LogP contribution in [0.5, 0.6) is 0 Å². The van der Waals surface area contributed by atoms with Gasteiger partial charge in [-0.2, -0.15) is 0 Å². The van der Waals surface area contributed by atoms with Gasteiger partial charge in [0.2, 0.25) is 0 Å². The number of ether oxygens (including phenoxy) is 3. The molecule has 400 valence electrons. The number of aliphatic hydroxyl groups excluding tert-OH is 1. The molecule has 0 aromatic carbocycles. The molecule has 0 aliphatic rings. The summed E-state index contributed by atoms with van der Waals surface area (Å²) in [7, 11) is -4.76. The van der Waals surface area contributed by atoms with Crippen molar-refractivity contribution in [2.45, 2.75) is 226 Å². The number of carbonyl (C=O) groups is 3. The maximum Gasteiger partial charge on any atom is 0.472 e. The second-order valence-electron chi connectivity index (χ2n) is 17.7. The predicted molar refractivity (Wildman–Crippen MR) is 288 cm³/mol. The summed E-state index contributed by atoms with van der Waals surface area (Å²) in [6.07, 6.45) is 59.4. The molecule has 0 saturated carbocycles. The van der Waals surface area contributed by atoms with Gasteiger partial charge < -0.3 is 24.2 Å². The van der Waals surface area contributed by atoms with Crippen LogP contribution in [0.1, 0.15) is 213 Å². The topological polar surface area (TPSA) is 155 Å². The molecule has 0 heterocycles. The zero-order chi connectivity index (χ0) is 51.3. The van der Waals surface area contributed by atoms with Crippen LogP contribution in [0.25, 0.3) is 0 Å². The van der Waals surface area contributed by atoms with Crippen LogP contribution in [0.15, 0.2) is 97.2 Å². The molecule has 2 N–H and O–H groups in total. The van der Waals surface area contributed by atoms with Crippen LogP contribution in [0.4, 0.5) is 0 Å². The molecule has 70 heavy (non-hydrogen) atoms. The van der Waals surface area contributed by atoms with E-state index in [1.165, 1.54) is 19.3 Å². The quantitative estimate of drug-likeness (QED) is 0.0197. The van der Waals surface area contributed by atoms with Gasteiger partial charge in [0, 0.05) is 19.3 Å². The first kappa shape index (κ1) is 66.4. The molecule has 0 aliphatic heterocycles. The van der Waals surface area contributed by atoms with E-state index in [-0.39, 0.29) is 25.9 Å². The number of hydrogen-bond acceptors (Lipinski definition) is 10. The number of unbranched alkanes of at least 4 members (excludes halogenated alkanes) is 16. The predicted octanol–water partition coefficient (Wildman–Crippen LogP) is 15.7. The van der Waals surface area contributed by atoms with Gasteiger partial charge in [-0.05, 0) is 116 Å². The van der Waals surface area contributed by atoms with E-state index in [0.29, 0.717) is 19.3 Å². The van der Waals surface area contributed by atoms with Crippen LogP contribution in [0, 0.1) is 0 Å². The van der Waals surface area contributed by atoms with E-state index in [1.807, 2.05) is 0 Å². The molecule has 0 bridgehead atoms. The molecule has 12 heteroatoms. The lowest BCUT2D eigenvalue weighted by Crippen LogP contribution is -2.30. The fourth-order valence-corrected chi connectivity index (χ4v) is 7.61. The van der Waals surface area contributed by atoms with Gasteiger partial charge >= 0.3 is 25.7 Å². The van der Waals surface area contributed by atoms with Crippen molar-refractivity contribution in [2.24, 2.45) is 0 Å². The van der Waals surface area contributed by atoms with E-state index < -0.39 is 57.8 Å². The molecule has 0 aliphatic carbocycles. The van der Waals surface area contributed by atoms with E-state index in [4.69, 9.17) is 23.3 Å². The lowest BCUT2D eigenvalue weighted by atomic mass is 10.1. The zero-order valence-electron chi connectivity index (χ0n) is 43.9. The van der Waals surface area contributed by atoms with Crippen molar-refractivity contribution in [3.8, 4) is 0 Å². The first-order valence-corrected chi connectivity index (χ1v) is 28.6. The molecule has 11 nitrogen and oxygen atoms in total. The minimum atomic E-state index is -4.76. The summed E-state index contributed by atoms with van der Waals surface area (Å²) in [6, 6.07) is 0. The van der Waals surface area contributed by atoms with E-state index >= 15 is 0 Å². The Bertz CT molecular complexity index is 1540. The number of phosphoric acid groups is 1. The first-order valence-electron chi connectivity index (χ1n) is 27.1. The molecule has 0 amide bonds. The number of esters is 3. The van der Waals surface area contributed by atoms with E-state index in [9.17, 15) is 28.9 Å². The average Bonchev–Trinajstić information content (AvgIpc) is 3.35. The van der Waals surface area contributed by atoms with Crippen molar-refractivity contribution in [2.75, 3.05) is 26.4 Å². The smallest absolute Gasteiger partial charge is 0.462 e. The summed E-state index contributed by atoms with van der Waals surface area (Å²) < 4.78 is 39.4. The third-order valence-corrected chi connectivity index (χ3v) is 11.9. The first-order chi connectivity index (χ1) is 34.2. The Morgan fingerprint density at radius 3 is 1.23 bits per heavy atom. The van der Waals surface area contributed by atoms with Crippen LogP contribution in [0.3, 0.4) is 0 Å². The monoisotopic (exact) mass is 1000 g/mol. The Labute approximate surface area is 425 Å². The molecular formula is C58H97O11P. The minimum Gasteiger partial charge on any atom is -0.462 e. The highest BCUT2D eigenvalue weighted by Crippen LogP contribution is 2.43. The Morgan fingerprint density at radius 2 is 0.771 bits per heavy atom. The van der Waals surface area contributed by atoms with Crippen LogP contribution < -0.4 is 0 Å². The van der Waals surface area contributed by atoms with Gasteiger partial charge in [0.1, 0.15) is 12.7 Å². The molecule has 3 unspecified atom stereocenters. The van der Waals surface area contributed by atoms with Crippen molar-refractivity contribution < 1.29 is 52.2 Å². The molecule has 0 radical (unpaired) electrons. The zero-order valence-corrected chi connectivity index (χ0v) is 44.8. The highest BCUT2D eigenvalue weighted by atomic mass is 31.2. The van der Waals surface area contributed by atoms with Gasteiger partial charge in [0.05, 0.1) is 19.8 Å². The van der Waals surface area contributed by atoms with Crippen molar-refractivity contribution in [3.63, 3.8) is 0 Å². The average molecular weight is 1000 g/mol. The standard InChI is InChI=1S/C58H97O11P/c1-4-7-10-13-16-19-22-25-27-30-32-35-38-41-44-47-56(60)65-51-55(69-58(62)49-46-43-40-37-34-31-28-26-23-20-17-14-11-8-5-2)53-67-70(63,64)66-52-54(50-59)68-57(61)48-45-42-39-36-33-29-24-21-18-15-12-9-6-3/h7,10,12,15-17,19-21,24-28,32,35,54-55,59H,4-6,8-9,11,13-14,18,22-23,29-31,33-34,36-53H2,1-3H3,(H,63,64)/b10-7-,15-12-,19-16-,20-17-,24-21-,27-25-,28-26-,35-32-. The van der Waals surface area contributed by atoms with Gasteiger partial charge in [-0.3, -0.25) is 23.4 Å². The lowest BCUT2D eigenvalue weighted by Gasteiger charge is -2.21. The number of phosphoric ester groups is 1. The van der Waals surface area contributed by atoms with Crippen LogP contribution in [-0.4, -0.2) is 66.5 Å². The minimum absolute atomic E-state index is 0.137. The van der Waals surface area contributed by atoms with E-state index in [0.717, 1.165) is 135 Å². The SMILES string of the molecule is CC/C=C\C/C=C\C/C=C\C/C=C\CCCCC(=O)OCC(COP(=O)(O)OCC(CO)OC(=O)CCCCCCC/C=C\C/C=C\CCC)OC(=O)CCCCCCC/C=C\C/C=C\CCCCC. The second kappa shape index (κ2) is 51.7. The number of rotatable bonds is 49. The lowest BCUT2D eigenvalue weighted by molar-refractivity contribution is -0.161. The summed E-state index contributed by atoms with van der Waals surface area (Å²) in [5.74, 6) is -1.55. The summed E-state index contributed by atoms with van der Waals surface area (Å²) in [4.78, 5) is 48.4. The summed E-state index contributed by atoms with van der Waals surface area (Å²) >= 11 is 0. The Hall–Kier alpha value is -3.60. The highest BCUT2D eigenvalue weighted by Gasteiger charge is 2.28. The largest absolute Gasteiger partial charge is 0.472 e. The molecule has 0 aromatic heterocycles. The van der Waals surface area contributed by atoms with Crippen LogP contribution >= 0.6 is 7.82 Å². The van der Waals surface area contributed by atoms with E-state index in [1.54, 1.807) is 0 Å². The maximum absolute atomic E-state index is 12.9. The fourth-order valence-electron chi connectivity index (χ4n) is 6.82. The van der Waals surface area contributed by atoms with Crippen LogP contribution in [-0.2, 0) is 42.2 Å². The summed E-state index contributed by atoms with van der Waals surface area (Å²) in [5, 5.41) is 9.78. The van der Waals surface area contributed by atoms with Gasteiger partial charge in [0.25, 0.3) is 0 Å². The Morgan fingerprint density at radius 1 is 0.414 bits per heavy atom. The number of hydrogen-bond donors (Lipinski definition) is 2. The van der Waals surface area contributed by atoms with Crippen LogP contribution in [0.2, 0.25) is 0 Å². The Kier molecular flexibility index (Phi) is 49.1. The maximum atomic E-state index is 12.9. The Balaban J connectivity index is 4.84. The van der Waals surface area contributed by atoms with Gasteiger partial charge in [-0.1, -0.05) is 176 Å². The molecule has 0 fully saturated rings. The van der Waals surface area contributed by atoms with Crippen molar-refractivity contribution in [1.29, 1.82) is 0 Å².